The maximum Gasteiger partial charge on any atom is 0.0538 e. The van der Waals surface area contributed by atoms with Crippen molar-refractivity contribution in [3.63, 3.8) is 0 Å². The van der Waals surface area contributed by atoms with Crippen LogP contribution in [0.15, 0.2) is 12.4 Å². The minimum absolute atomic E-state index is 0.443. The van der Waals surface area contributed by atoms with Gasteiger partial charge in [0, 0.05) is 46.9 Å². The highest BCUT2D eigenvalue weighted by molar-refractivity contribution is 8.06. The molecule has 90 valence electrons. The Morgan fingerprint density at radius 2 is 2.50 bits per heavy atom. The molecule has 1 N–H and O–H groups in total. The van der Waals surface area contributed by atoms with Crippen molar-refractivity contribution >= 4 is 23.5 Å². The standard InChI is InChI=1S/C11H19N3S2/c1-3-14-7-9(6-13-14)11(12-2)10-8-15-4-5-16-10/h6-7,10-12H,3-5,8H2,1-2H3. The summed E-state index contributed by atoms with van der Waals surface area (Å²) in [4.78, 5) is 0. The first-order chi connectivity index (χ1) is 7.85. The molecule has 1 aromatic rings. The molecule has 16 heavy (non-hydrogen) atoms. The number of hydrogen-bond donors (Lipinski definition) is 1. The van der Waals surface area contributed by atoms with Gasteiger partial charge < -0.3 is 5.32 Å². The lowest BCUT2D eigenvalue weighted by Crippen LogP contribution is -2.31. The first kappa shape index (κ1) is 12.3. The number of aryl methyl sites for hydroxylation is 1. The number of nitrogens with one attached hydrogen (secondary N) is 1. The fraction of sp³-hybridized carbons (Fsp3) is 0.727. The summed E-state index contributed by atoms with van der Waals surface area (Å²) in [5.41, 5.74) is 1.32. The molecule has 0 bridgehead atoms. The van der Waals surface area contributed by atoms with Crippen molar-refractivity contribution in [2.45, 2.75) is 24.8 Å². The number of rotatable bonds is 4. The number of nitrogens with zero attached hydrogens (tertiary/aromatic N) is 2. The van der Waals surface area contributed by atoms with E-state index >= 15 is 0 Å². The Labute approximate surface area is 106 Å². The van der Waals surface area contributed by atoms with Gasteiger partial charge in [0.2, 0.25) is 0 Å². The second kappa shape index (κ2) is 5.98. The third-order valence-corrected chi connectivity index (χ3v) is 5.72. The quantitative estimate of drug-likeness (QED) is 0.894. The van der Waals surface area contributed by atoms with Crippen molar-refractivity contribution in [1.29, 1.82) is 0 Å². The molecule has 1 saturated heterocycles. The van der Waals surface area contributed by atoms with Crippen LogP contribution in [0.5, 0.6) is 0 Å². The molecule has 0 saturated carbocycles. The number of aromatic nitrogens is 2. The van der Waals surface area contributed by atoms with E-state index < -0.39 is 0 Å². The molecule has 2 unspecified atom stereocenters. The van der Waals surface area contributed by atoms with Gasteiger partial charge in [0.25, 0.3) is 0 Å². The molecule has 0 aliphatic carbocycles. The van der Waals surface area contributed by atoms with Gasteiger partial charge in [0.1, 0.15) is 0 Å². The molecule has 3 nitrogen and oxygen atoms in total. The lowest BCUT2D eigenvalue weighted by molar-refractivity contribution is 0.589. The van der Waals surface area contributed by atoms with Crippen LogP contribution in [0.1, 0.15) is 18.5 Å². The average Bonchev–Trinajstić information content (AvgIpc) is 2.80. The fourth-order valence-electron chi connectivity index (χ4n) is 1.98. The van der Waals surface area contributed by atoms with Crippen LogP contribution in [-0.2, 0) is 6.54 Å². The molecule has 2 atom stereocenters. The van der Waals surface area contributed by atoms with Crippen LogP contribution in [0.3, 0.4) is 0 Å². The highest BCUT2D eigenvalue weighted by Gasteiger charge is 2.25. The zero-order valence-electron chi connectivity index (χ0n) is 9.85. The van der Waals surface area contributed by atoms with Gasteiger partial charge in [0.15, 0.2) is 0 Å². The molecule has 0 amide bonds. The van der Waals surface area contributed by atoms with E-state index in [0.29, 0.717) is 11.3 Å². The predicted molar refractivity (Wildman–Crippen MR) is 73.3 cm³/mol. The Bertz CT molecular complexity index is 321. The van der Waals surface area contributed by atoms with Crippen molar-refractivity contribution in [3.8, 4) is 0 Å². The highest BCUT2D eigenvalue weighted by Crippen LogP contribution is 2.33. The van der Waals surface area contributed by atoms with Gasteiger partial charge in [-0.25, -0.2) is 0 Å². The lowest BCUT2D eigenvalue weighted by atomic mass is 10.1. The van der Waals surface area contributed by atoms with Crippen molar-refractivity contribution in [2.75, 3.05) is 24.3 Å². The first-order valence-corrected chi connectivity index (χ1v) is 7.94. The molecule has 5 heteroatoms. The third-order valence-electron chi connectivity index (χ3n) is 2.86. The normalized spacial score (nSPS) is 23.2. The Morgan fingerprint density at radius 1 is 1.62 bits per heavy atom. The van der Waals surface area contributed by atoms with Gasteiger partial charge in [-0.05, 0) is 14.0 Å². The molecule has 1 aliphatic heterocycles. The molecule has 0 spiro atoms. The topological polar surface area (TPSA) is 29.9 Å². The Hall–Kier alpha value is -0.130. The zero-order chi connectivity index (χ0) is 11.4. The largest absolute Gasteiger partial charge is 0.312 e. The summed E-state index contributed by atoms with van der Waals surface area (Å²) in [7, 11) is 2.05. The van der Waals surface area contributed by atoms with Crippen molar-refractivity contribution in [1.82, 2.24) is 15.1 Å². The van der Waals surface area contributed by atoms with E-state index in [0.717, 1.165) is 6.54 Å². The van der Waals surface area contributed by atoms with Gasteiger partial charge >= 0.3 is 0 Å². The second-order valence-electron chi connectivity index (χ2n) is 3.88. The molecular formula is C11H19N3S2. The predicted octanol–water partition coefficient (Wildman–Crippen LogP) is 2.01. The summed E-state index contributed by atoms with van der Waals surface area (Å²) in [6.45, 7) is 3.07. The molecular weight excluding hydrogens is 238 g/mol. The summed E-state index contributed by atoms with van der Waals surface area (Å²) < 4.78 is 2.00. The summed E-state index contributed by atoms with van der Waals surface area (Å²) in [5, 5.41) is 8.48. The number of hydrogen-bond acceptors (Lipinski definition) is 4. The lowest BCUT2D eigenvalue weighted by Gasteiger charge is -2.28. The Morgan fingerprint density at radius 3 is 3.06 bits per heavy atom. The van der Waals surface area contributed by atoms with Crippen LogP contribution in [0, 0.1) is 0 Å². The molecule has 0 aromatic carbocycles. The average molecular weight is 257 g/mol. The van der Waals surface area contributed by atoms with Gasteiger partial charge in [-0.2, -0.15) is 28.6 Å². The number of thioether (sulfide) groups is 2. The summed E-state index contributed by atoms with van der Waals surface area (Å²) in [6, 6.07) is 0.443. The van der Waals surface area contributed by atoms with Crippen LogP contribution < -0.4 is 5.32 Å². The summed E-state index contributed by atoms with van der Waals surface area (Å²) in [6.07, 6.45) is 4.17. The SMILES string of the molecule is CCn1cc(C(NC)C2CSCCS2)cn1. The van der Waals surface area contributed by atoms with Gasteiger partial charge in [-0.3, -0.25) is 4.68 Å². The molecule has 0 radical (unpaired) electrons. The van der Waals surface area contributed by atoms with E-state index in [-0.39, 0.29) is 0 Å². The van der Waals surface area contributed by atoms with Crippen molar-refractivity contribution < 1.29 is 0 Å². The fourth-order valence-corrected chi connectivity index (χ4v) is 4.89. The van der Waals surface area contributed by atoms with E-state index in [1.54, 1.807) is 0 Å². The molecule has 1 aromatic heterocycles. The van der Waals surface area contributed by atoms with E-state index in [1.165, 1.54) is 22.8 Å². The van der Waals surface area contributed by atoms with Crippen molar-refractivity contribution in [3.05, 3.63) is 18.0 Å². The van der Waals surface area contributed by atoms with E-state index in [1.807, 2.05) is 17.9 Å². The molecule has 2 rings (SSSR count). The summed E-state index contributed by atoms with van der Waals surface area (Å²) >= 11 is 4.15. The van der Waals surface area contributed by atoms with Crippen LogP contribution >= 0.6 is 23.5 Å². The minimum Gasteiger partial charge on any atom is -0.312 e. The van der Waals surface area contributed by atoms with E-state index in [9.17, 15) is 0 Å². The second-order valence-corrected chi connectivity index (χ2v) is 6.38. The summed E-state index contributed by atoms with van der Waals surface area (Å²) in [5.74, 6) is 3.81. The van der Waals surface area contributed by atoms with Gasteiger partial charge in [-0.1, -0.05) is 0 Å². The Balaban J connectivity index is 2.08. The Kier molecular flexibility index (Phi) is 4.61. The molecule has 1 aliphatic rings. The maximum atomic E-state index is 4.36. The highest BCUT2D eigenvalue weighted by atomic mass is 32.2. The van der Waals surface area contributed by atoms with Crippen LogP contribution in [0.4, 0.5) is 0 Å². The first-order valence-electron chi connectivity index (χ1n) is 5.74. The third kappa shape index (κ3) is 2.76. The van der Waals surface area contributed by atoms with Crippen LogP contribution in [0.25, 0.3) is 0 Å². The van der Waals surface area contributed by atoms with Gasteiger partial charge in [0.05, 0.1) is 6.20 Å². The van der Waals surface area contributed by atoms with Crippen molar-refractivity contribution in [2.24, 2.45) is 0 Å². The van der Waals surface area contributed by atoms with Crippen LogP contribution in [0.2, 0.25) is 0 Å². The van der Waals surface area contributed by atoms with E-state index in [4.69, 9.17) is 0 Å². The molecule has 1 fully saturated rings. The minimum atomic E-state index is 0.443. The smallest absolute Gasteiger partial charge is 0.0538 e. The monoisotopic (exact) mass is 257 g/mol. The van der Waals surface area contributed by atoms with E-state index in [2.05, 4.69) is 47.1 Å². The maximum absolute atomic E-state index is 4.36. The van der Waals surface area contributed by atoms with Gasteiger partial charge in [-0.15, -0.1) is 0 Å². The molecule has 2 heterocycles. The van der Waals surface area contributed by atoms with Crippen LogP contribution in [-0.4, -0.2) is 39.3 Å². The zero-order valence-corrected chi connectivity index (χ0v) is 11.5.